The van der Waals surface area contributed by atoms with Crippen LogP contribution in [0.4, 0.5) is 0 Å². The van der Waals surface area contributed by atoms with Gasteiger partial charge in [-0.15, -0.1) is 5.92 Å². The SMILES string of the molecule is COC(=O)CCCCCCC#CCO. The van der Waals surface area contributed by atoms with Crippen molar-refractivity contribution < 1.29 is 14.6 Å². The van der Waals surface area contributed by atoms with Crippen LogP contribution >= 0.6 is 0 Å². The second-order valence-electron chi connectivity index (χ2n) is 3.00. The molecule has 0 bridgehead atoms. The molecule has 0 aliphatic heterocycles. The van der Waals surface area contributed by atoms with Gasteiger partial charge in [0.05, 0.1) is 7.11 Å². The van der Waals surface area contributed by atoms with E-state index in [0.29, 0.717) is 6.42 Å². The van der Waals surface area contributed by atoms with Gasteiger partial charge >= 0.3 is 5.97 Å². The van der Waals surface area contributed by atoms with Crippen LogP contribution in [0.2, 0.25) is 0 Å². The molecular weight excluding hydrogens is 180 g/mol. The van der Waals surface area contributed by atoms with Crippen LogP contribution in [0.3, 0.4) is 0 Å². The molecule has 14 heavy (non-hydrogen) atoms. The molecule has 3 heteroatoms. The molecule has 0 spiro atoms. The fourth-order valence-electron chi connectivity index (χ4n) is 1.08. The van der Waals surface area contributed by atoms with Crippen molar-refractivity contribution in [2.75, 3.05) is 13.7 Å². The van der Waals surface area contributed by atoms with Crippen LogP contribution in [0.1, 0.15) is 38.5 Å². The highest BCUT2D eigenvalue weighted by atomic mass is 16.5. The average molecular weight is 198 g/mol. The van der Waals surface area contributed by atoms with Crippen molar-refractivity contribution in [2.45, 2.75) is 38.5 Å². The van der Waals surface area contributed by atoms with Crippen molar-refractivity contribution in [1.29, 1.82) is 0 Å². The summed E-state index contributed by atoms with van der Waals surface area (Å²) in [6, 6.07) is 0. The molecule has 0 aromatic heterocycles. The zero-order valence-electron chi connectivity index (χ0n) is 8.71. The van der Waals surface area contributed by atoms with Crippen LogP contribution in [0, 0.1) is 11.8 Å². The average Bonchev–Trinajstić information content (AvgIpc) is 2.21. The predicted molar refractivity (Wildman–Crippen MR) is 54.6 cm³/mol. The van der Waals surface area contributed by atoms with E-state index in [1.54, 1.807) is 0 Å². The van der Waals surface area contributed by atoms with Crippen molar-refractivity contribution >= 4 is 5.97 Å². The highest BCUT2D eigenvalue weighted by molar-refractivity contribution is 5.68. The third kappa shape index (κ3) is 9.08. The minimum Gasteiger partial charge on any atom is -0.469 e. The Labute approximate surface area is 85.5 Å². The van der Waals surface area contributed by atoms with Gasteiger partial charge in [-0.05, 0) is 12.8 Å². The second-order valence-corrected chi connectivity index (χ2v) is 3.00. The number of methoxy groups -OCH3 is 1. The summed E-state index contributed by atoms with van der Waals surface area (Å²) in [5.74, 6) is 5.32. The highest BCUT2D eigenvalue weighted by Gasteiger charge is 1.98. The van der Waals surface area contributed by atoms with Crippen molar-refractivity contribution in [3.05, 3.63) is 0 Å². The van der Waals surface area contributed by atoms with Crippen molar-refractivity contribution in [3.63, 3.8) is 0 Å². The Morgan fingerprint density at radius 1 is 1.21 bits per heavy atom. The van der Waals surface area contributed by atoms with Gasteiger partial charge in [-0.2, -0.15) is 0 Å². The number of hydrogen-bond donors (Lipinski definition) is 1. The maximum atomic E-state index is 10.7. The fourth-order valence-corrected chi connectivity index (χ4v) is 1.08. The van der Waals surface area contributed by atoms with Gasteiger partial charge < -0.3 is 9.84 Å². The molecule has 0 fully saturated rings. The third-order valence-electron chi connectivity index (χ3n) is 1.86. The van der Waals surface area contributed by atoms with Gasteiger partial charge in [0, 0.05) is 12.8 Å². The van der Waals surface area contributed by atoms with E-state index in [-0.39, 0.29) is 12.6 Å². The lowest BCUT2D eigenvalue weighted by molar-refractivity contribution is -0.140. The summed E-state index contributed by atoms with van der Waals surface area (Å²) in [7, 11) is 1.41. The number of ether oxygens (including phenoxy) is 1. The predicted octanol–water partition coefficient (Wildman–Crippen LogP) is 1.50. The Bertz CT molecular complexity index is 200. The summed E-state index contributed by atoms with van der Waals surface area (Å²) in [6.07, 6.45) is 5.39. The van der Waals surface area contributed by atoms with E-state index in [4.69, 9.17) is 5.11 Å². The molecule has 0 radical (unpaired) electrons. The minimum atomic E-state index is -0.134. The summed E-state index contributed by atoms with van der Waals surface area (Å²) < 4.78 is 4.52. The summed E-state index contributed by atoms with van der Waals surface area (Å²) in [6.45, 7) is -0.0532. The first-order valence-corrected chi connectivity index (χ1v) is 4.94. The maximum Gasteiger partial charge on any atom is 0.305 e. The third-order valence-corrected chi connectivity index (χ3v) is 1.86. The van der Waals surface area contributed by atoms with Crippen LogP contribution in [0.15, 0.2) is 0 Å². The summed E-state index contributed by atoms with van der Waals surface area (Å²) >= 11 is 0. The first kappa shape index (κ1) is 13.0. The smallest absolute Gasteiger partial charge is 0.305 e. The van der Waals surface area contributed by atoms with Crippen molar-refractivity contribution in [1.82, 2.24) is 0 Å². The minimum absolute atomic E-state index is 0.0532. The van der Waals surface area contributed by atoms with E-state index in [9.17, 15) is 4.79 Å². The lowest BCUT2D eigenvalue weighted by Crippen LogP contribution is -1.98. The summed E-state index contributed by atoms with van der Waals surface area (Å²) in [4.78, 5) is 10.7. The summed E-state index contributed by atoms with van der Waals surface area (Å²) in [5.41, 5.74) is 0. The largest absolute Gasteiger partial charge is 0.469 e. The molecule has 0 amide bonds. The number of aliphatic hydroxyl groups is 1. The van der Waals surface area contributed by atoms with E-state index < -0.39 is 0 Å². The van der Waals surface area contributed by atoms with Gasteiger partial charge in [0.25, 0.3) is 0 Å². The number of carbonyl (C=O) groups excluding carboxylic acids is 1. The first-order valence-electron chi connectivity index (χ1n) is 4.94. The van der Waals surface area contributed by atoms with E-state index in [0.717, 1.165) is 32.1 Å². The highest BCUT2D eigenvalue weighted by Crippen LogP contribution is 2.05. The molecule has 0 rings (SSSR count). The van der Waals surface area contributed by atoms with Gasteiger partial charge in [0.1, 0.15) is 6.61 Å². The molecule has 1 N–H and O–H groups in total. The van der Waals surface area contributed by atoms with Gasteiger partial charge in [0.2, 0.25) is 0 Å². The zero-order chi connectivity index (χ0) is 10.6. The van der Waals surface area contributed by atoms with Gasteiger partial charge in [0.15, 0.2) is 0 Å². The van der Waals surface area contributed by atoms with Crippen LogP contribution in [-0.4, -0.2) is 24.8 Å². The van der Waals surface area contributed by atoms with Gasteiger partial charge in [-0.25, -0.2) is 0 Å². The topological polar surface area (TPSA) is 46.5 Å². The van der Waals surface area contributed by atoms with Crippen molar-refractivity contribution in [3.8, 4) is 11.8 Å². The monoisotopic (exact) mass is 198 g/mol. The zero-order valence-corrected chi connectivity index (χ0v) is 8.71. The first-order chi connectivity index (χ1) is 6.81. The fraction of sp³-hybridized carbons (Fsp3) is 0.727. The Morgan fingerprint density at radius 3 is 2.57 bits per heavy atom. The van der Waals surface area contributed by atoms with Crippen LogP contribution < -0.4 is 0 Å². The Balaban J connectivity index is 3.10. The number of hydrogen-bond acceptors (Lipinski definition) is 3. The Hall–Kier alpha value is -1.01. The van der Waals surface area contributed by atoms with Crippen LogP contribution in [0.5, 0.6) is 0 Å². The number of carbonyl (C=O) groups is 1. The maximum absolute atomic E-state index is 10.7. The van der Waals surface area contributed by atoms with Crippen LogP contribution in [0.25, 0.3) is 0 Å². The van der Waals surface area contributed by atoms with E-state index >= 15 is 0 Å². The molecule has 0 aromatic rings. The van der Waals surface area contributed by atoms with Gasteiger partial charge in [-0.3, -0.25) is 4.79 Å². The standard InChI is InChI=1S/C11H18O3/c1-14-11(13)9-7-5-3-2-4-6-8-10-12/h12H,2-5,7,9-10H2,1H3. The van der Waals surface area contributed by atoms with Crippen LogP contribution in [-0.2, 0) is 9.53 Å². The molecule has 0 atom stereocenters. The molecule has 3 nitrogen and oxygen atoms in total. The van der Waals surface area contributed by atoms with Gasteiger partial charge in [-0.1, -0.05) is 18.8 Å². The molecule has 80 valence electrons. The second kappa shape index (κ2) is 10.1. The normalized spacial score (nSPS) is 9.00. The molecule has 0 aliphatic carbocycles. The molecule has 0 aliphatic rings. The van der Waals surface area contributed by atoms with Crippen molar-refractivity contribution in [2.24, 2.45) is 0 Å². The Morgan fingerprint density at radius 2 is 1.93 bits per heavy atom. The van der Waals surface area contributed by atoms with E-state index in [2.05, 4.69) is 16.6 Å². The molecular formula is C11H18O3. The molecule has 0 heterocycles. The number of aliphatic hydroxyl groups excluding tert-OH is 1. The van der Waals surface area contributed by atoms with E-state index in [1.165, 1.54) is 7.11 Å². The number of rotatable bonds is 6. The molecule has 0 saturated carbocycles. The lowest BCUT2D eigenvalue weighted by Gasteiger charge is -1.98. The summed E-state index contributed by atoms with van der Waals surface area (Å²) in [5, 5.41) is 8.37. The quantitative estimate of drug-likeness (QED) is 0.399. The molecule has 0 aromatic carbocycles. The number of esters is 1. The molecule has 0 saturated heterocycles. The Kier molecular flexibility index (Phi) is 9.35. The lowest BCUT2D eigenvalue weighted by atomic mass is 10.1. The van der Waals surface area contributed by atoms with E-state index in [1.807, 2.05) is 0 Å². The molecule has 0 unspecified atom stereocenters. The number of unbranched alkanes of at least 4 members (excludes halogenated alkanes) is 4.